The Balaban J connectivity index is 1.41. The van der Waals surface area contributed by atoms with Crippen LogP contribution in [-0.2, 0) is 14.8 Å². The molecule has 10 heteroatoms. The lowest BCUT2D eigenvalue weighted by molar-refractivity contribution is 0.102. The number of nitrogens with zero attached hydrogens (tertiary/aromatic N) is 1. The first-order chi connectivity index (χ1) is 16.9. The summed E-state index contributed by atoms with van der Waals surface area (Å²) in [4.78, 5) is 14.9. The minimum atomic E-state index is -3.88. The van der Waals surface area contributed by atoms with E-state index in [1.165, 1.54) is 26.4 Å². The monoisotopic (exact) mass is 497 g/mol. The Morgan fingerprint density at radius 3 is 2.23 bits per heavy atom. The highest BCUT2D eigenvalue weighted by Crippen LogP contribution is 2.31. The summed E-state index contributed by atoms with van der Waals surface area (Å²) in [5.74, 6) is 0.590. The molecule has 0 spiro atoms. The lowest BCUT2D eigenvalue weighted by Gasteiger charge is -2.28. The molecule has 0 bridgehead atoms. The minimum Gasteiger partial charge on any atom is -0.497 e. The molecular formula is C25H27N3O6S. The Morgan fingerprint density at radius 1 is 0.914 bits per heavy atom. The number of amides is 1. The second-order valence-electron chi connectivity index (χ2n) is 7.80. The van der Waals surface area contributed by atoms with Crippen molar-refractivity contribution in [1.29, 1.82) is 0 Å². The Morgan fingerprint density at radius 2 is 1.60 bits per heavy atom. The number of carbonyl (C=O) groups excluding carboxylic acids is 1. The van der Waals surface area contributed by atoms with Gasteiger partial charge in [-0.2, -0.15) is 0 Å². The van der Waals surface area contributed by atoms with Gasteiger partial charge in [0.25, 0.3) is 15.9 Å². The number of anilines is 3. The molecule has 1 fully saturated rings. The van der Waals surface area contributed by atoms with Crippen LogP contribution in [0.1, 0.15) is 10.4 Å². The topological polar surface area (TPSA) is 106 Å². The predicted octanol–water partition coefficient (Wildman–Crippen LogP) is 3.59. The van der Waals surface area contributed by atoms with Crippen LogP contribution in [0.4, 0.5) is 17.1 Å². The van der Waals surface area contributed by atoms with Crippen molar-refractivity contribution in [2.75, 3.05) is 55.5 Å². The van der Waals surface area contributed by atoms with Crippen molar-refractivity contribution < 1.29 is 27.4 Å². The standard InChI is InChI=1S/C25H27N3O6S/c1-32-21-9-12-23(24(17-21)33-2)27-35(30,31)22-10-5-19(6-11-22)26-25(29)18-3-7-20(8-4-18)28-13-15-34-16-14-28/h3-12,17,27H,13-16H2,1-2H3,(H,26,29). The van der Waals surface area contributed by atoms with Crippen molar-refractivity contribution >= 4 is 33.0 Å². The second-order valence-corrected chi connectivity index (χ2v) is 9.48. The van der Waals surface area contributed by atoms with Crippen LogP contribution in [0.2, 0.25) is 0 Å². The molecule has 2 N–H and O–H groups in total. The zero-order chi connectivity index (χ0) is 24.8. The van der Waals surface area contributed by atoms with Crippen molar-refractivity contribution in [2.45, 2.75) is 4.90 Å². The molecule has 0 unspecified atom stereocenters. The van der Waals surface area contributed by atoms with Gasteiger partial charge in [0, 0.05) is 36.1 Å². The first-order valence-electron chi connectivity index (χ1n) is 11.0. The zero-order valence-corrected chi connectivity index (χ0v) is 20.3. The zero-order valence-electron chi connectivity index (χ0n) is 19.5. The molecule has 0 aromatic heterocycles. The molecule has 35 heavy (non-hydrogen) atoms. The summed E-state index contributed by atoms with van der Waals surface area (Å²) in [6, 6.07) is 18.1. The van der Waals surface area contributed by atoms with Gasteiger partial charge in [-0.15, -0.1) is 0 Å². The Hall–Kier alpha value is -3.76. The highest BCUT2D eigenvalue weighted by atomic mass is 32.2. The van der Waals surface area contributed by atoms with Gasteiger partial charge >= 0.3 is 0 Å². The molecule has 0 radical (unpaired) electrons. The average molecular weight is 498 g/mol. The third-order valence-corrected chi connectivity index (χ3v) is 6.96. The van der Waals surface area contributed by atoms with E-state index in [0.717, 1.165) is 18.8 Å². The molecule has 4 rings (SSSR count). The van der Waals surface area contributed by atoms with Gasteiger partial charge in [0.1, 0.15) is 11.5 Å². The summed E-state index contributed by atoms with van der Waals surface area (Å²) in [6.45, 7) is 3.02. The Bertz CT molecular complexity index is 1270. The molecule has 3 aromatic carbocycles. The molecule has 1 saturated heterocycles. The third-order valence-electron chi connectivity index (χ3n) is 5.58. The first kappa shape index (κ1) is 24.4. The van der Waals surface area contributed by atoms with Crippen LogP contribution in [0.3, 0.4) is 0 Å². The van der Waals surface area contributed by atoms with Gasteiger partial charge in [-0.05, 0) is 60.7 Å². The molecule has 0 saturated carbocycles. The molecule has 9 nitrogen and oxygen atoms in total. The van der Waals surface area contributed by atoms with Crippen LogP contribution < -0.4 is 24.4 Å². The van der Waals surface area contributed by atoms with Gasteiger partial charge in [-0.1, -0.05) is 0 Å². The molecule has 0 aliphatic carbocycles. The van der Waals surface area contributed by atoms with E-state index < -0.39 is 10.0 Å². The second kappa shape index (κ2) is 10.7. The molecular weight excluding hydrogens is 470 g/mol. The summed E-state index contributed by atoms with van der Waals surface area (Å²) in [6.07, 6.45) is 0. The van der Waals surface area contributed by atoms with E-state index in [9.17, 15) is 13.2 Å². The predicted molar refractivity (Wildman–Crippen MR) is 134 cm³/mol. The third kappa shape index (κ3) is 5.84. The van der Waals surface area contributed by atoms with Crippen molar-refractivity contribution in [3.63, 3.8) is 0 Å². The van der Waals surface area contributed by atoms with E-state index in [0.29, 0.717) is 36.0 Å². The fourth-order valence-corrected chi connectivity index (χ4v) is 4.72. The quantitative estimate of drug-likeness (QED) is 0.490. The SMILES string of the molecule is COc1ccc(NS(=O)(=O)c2ccc(NC(=O)c3ccc(N4CCOCC4)cc3)cc2)c(OC)c1. The largest absolute Gasteiger partial charge is 0.497 e. The number of carbonyl (C=O) groups is 1. The molecule has 3 aromatic rings. The molecule has 1 heterocycles. The number of hydrogen-bond acceptors (Lipinski definition) is 7. The minimum absolute atomic E-state index is 0.0447. The summed E-state index contributed by atoms with van der Waals surface area (Å²) < 4.78 is 44.0. The maximum Gasteiger partial charge on any atom is 0.262 e. The summed E-state index contributed by atoms with van der Waals surface area (Å²) in [5, 5.41) is 2.79. The van der Waals surface area contributed by atoms with E-state index in [1.807, 2.05) is 12.1 Å². The Kier molecular flexibility index (Phi) is 7.42. The van der Waals surface area contributed by atoms with Crippen LogP contribution in [0.15, 0.2) is 71.6 Å². The number of sulfonamides is 1. The van der Waals surface area contributed by atoms with Gasteiger partial charge < -0.3 is 24.4 Å². The number of hydrogen-bond donors (Lipinski definition) is 2. The van der Waals surface area contributed by atoms with Crippen LogP contribution in [-0.4, -0.2) is 54.8 Å². The van der Waals surface area contributed by atoms with Crippen LogP contribution in [0, 0.1) is 0 Å². The number of methoxy groups -OCH3 is 2. The normalized spacial score (nSPS) is 13.7. The number of ether oxygens (including phenoxy) is 3. The molecule has 1 amide bonds. The lowest BCUT2D eigenvalue weighted by Crippen LogP contribution is -2.36. The van der Waals surface area contributed by atoms with Gasteiger partial charge in [0.15, 0.2) is 0 Å². The molecule has 184 valence electrons. The van der Waals surface area contributed by atoms with E-state index >= 15 is 0 Å². The smallest absolute Gasteiger partial charge is 0.262 e. The van der Waals surface area contributed by atoms with Crippen LogP contribution in [0.25, 0.3) is 0 Å². The highest BCUT2D eigenvalue weighted by Gasteiger charge is 2.18. The maximum absolute atomic E-state index is 12.8. The van der Waals surface area contributed by atoms with Gasteiger partial charge in [-0.3, -0.25) is 9.52 Å². The van der Waals surface area contributed by atoms with Gasteiger partial charge in [-0.25, -0.2) is 8.42 Å². The summed E-state index contributed by atoms with van der Waals surface area (Å²) in [7, 11) is -0.917. The van der Waals surface area contributed by atoms with Crippen LogP contribution in [0.5, 0.6) is 11.5 Å². The van der Waals surface area contributed by atoms with Gasteiger partial charge in [0.2, 0.25) is 0 Å². The lowest BCUT2D eigenvalue weighted by atomic mass is 10.1. The fraction of sp³-hybridized carbons (Fsp3) is 0.240. The Labute approximate surface area is 204 Å². The first-order valence-corrected chi connectivity index (χ1v) is 12.5. The maximum atomic E-state index is 12.8. The highest BCUT2D eigenvalue weighted by molar-refractivity contribution is 7.92. The molecule has 0 atom stereocenters. The molecule has 1 aliphatic heterocycles. The number of morpholine rings is 1. The van der Waals surface area contributed by atoms with Crippen molar-refractivity contribution in [2.24, 2.45) is 0 Å². The number of benzene rings is 3. The van der Waals surface area contributed by atoms with E-state index in [-0.39, 0.29) is 16.5 Å². The van der Waals surface area contributed by atoms with Crippen molar-refractivity contribution in [3.8, 4) is 11.5 Å². The van der Waals surface area contributed by atoms with Gasteiger partial charge in [0.05, 0.1) is 38.0 Å². The number of nitrogens with one attached hydrogen (secondary N) is 2. The summed E-state index contributed by atoms with van der Waals surface area (Å²) in [5.41, 5.74) is 2.31. The summed E-state index contributed by atoms with van der Waals surface area (Å²) >= 11 is 0. The molecule has 1 aliphatic rings. The van der Waals surface area contributed by atoms with E-state index in [4.69, 9.17) is 14.2 Å². The van der Waals surface area contributed by atoms with Crippen LogP contribution >= 0.6 is 0 Å². The van der Waals surface area contributed by atoms with E-state index in [1.54, 1.807) is 42.5 Å². The fourth-order valence-electron chi connectivity index (χ4n) is 3.65. The van der Waals surface area contributed by atoms with Crippen molar-refractivity contribution in [1.82, 2.24) is 0 Å². The number of rotatable bonds is 8. The van der Waals surface area contributed by atoms with E-state index in [2.05, 4.69) is 14.9 Å². The average Bonchev–Trinajstić information content (AvgIpc) is 2.89. The van der Waals surface area contributed by atoms with Crippen molar-refractivity contribution in [3.05, 3.63) is 72.3 Å².